The van der Waals surface area contributed by atoms with E-state index in [1.165, 1.54) is 13.3 Å². The number of amides is 1. The highest BCUT2D eigenvalue weighted by Gasteiger charge is 2.12. The maximum atomic E-state index is 12.1. The van der Waals surface area contributed by atoms with Gasteiger partial charge < -0.3 is 9.47 Å². The molecule has 0 aliphatic rings. The van der Waals surface area contributed by atoms with Crippen molar-refractivity contribution < 1.29 is 14.3 Å². The Labute approximate surface area is 199 Å². The van der Waals surface area contributed by atoms with E-state index in [1.807, 2.05) is 0 Å². The third-order valence-corrected chi connectivity index (χ3v) is 5.38. The van der Waals surface area contributed by atoms with E-state index in [1.54, 1.807) is 54.6 Å². The average molecular weight is 498 g/mol. The molecule has 0 aliphatic carbocycles. The fourth-order valence-electron chi connectivity index (χ4n) is 2.57. The second-order valence-electron chi connectivity index (χ2n) is 6.28. The molecule has 0 unspecified atom stereocenters. The molecule has 0 fully saturated rings. The molecule has 1 N–H and O–H groups in total. The summed E-state index contributed by atoms with van der Waals surface area (Å²) in [5, 5.41) is 5.73. The molecule has 0 heterocycles. The van der Waals surface area contributed by atoms with Crippen LogP contribution < -0.4 is 14.9 Å². The minimum atomic E-state index is -0.368. The largest absolute Gasteiger partial charge is 0.493 e. The van der Waals surface area contributed by atoms with Crippen LogP contribution in [0, 0.1) is 0 Å². The molecule has 0 radical (unpaired) electrons. The summed E-state index contributed by atoms with van der Waals surface area (Å²) in [6.45, 7) is 0.220. The fraction of sp³-hybridized carbons (Fsp3) is 0.0909. The van der Waals surface area contributed by atoms with Crippen LogP contribution in [-0.2, 0) is 6.61 Å². The molecule has 31 heavy (non-hydrogen) atoms. The Morgan fingerprint density at radius 2 is 1.71 bits per heavy atom. The molecule has 1 amide bonds. The summed E-state index contributed by atoms with van der Waals surface area (Å²) in [5.41, 5.74) is 4.31. The van der Waals surface area contributed by atoms with E-state index in [4.69, 9.17) is 55.9 Å². The molecule has 0 aromatic heterocycles. The van der Waals surface area contributed by atoms with Gasteiger partial charge in [-0.25, -0.2) is 5.43 Å². The Morgan fingerprint density at radius 3 is 2.39 bits per heavy atom. The van der Waals surface area contributed by atoms with Crippen LogP contribution in [0.3, 0.4) is 0 Å². The molecule has 0 saturated carbocycles. The number of benzene rings is 3. The molecule has 3 aromatic carbocycles. The number of halogens is 4. The number of rotatable bonds is 7. The second kappa shape index (κ2) is 10.7. The van der Waals surface area contributed by atoms with Crippen LogP contribution in [0.4, 0.5) is 0 Å². The van der Waals surface area contributed by atoms with Gasteiger partial charge in [0.15, 0.2) is 11.5 Å². The Bertz CT molecular complexity index is 1120. The second-order valence-corrected chi connectivity index (χ2v) is 7.94. The Kier molecular flexibility index (Phi) is 8.04. The van der Waals surface area contributed by atoms with Gasteiger partial charge in [-0.05, 0) is 59.7 Å². The first kappa shape index (κ1) is 23.2. The minimum absolute atomic E-state index is 0.220. The number of carbonyl (C=O) groups is 1. The maximum absolute atomic E-state index is 12.1. The quantitative estimate of drug-likeness (QED) is 0.293. The number of methoxy groups -OCH3 is 1. The van der Waals surface area contributed by atoms with Crippen LogP contribution in [-0.4, -0.2) is 19.2 Å². The zero-order valence-electron chi connectivity index (χ0n) is 16.2. The third-order valence-electron chi connectivity index (χ3n) is 4.11. The number of hydrogen-bond acceptors (Lipinski definition) is 4. The van der Waals surface area contributed by atoms with Crippen molar-refractivity contribution in [3.05, 3.63) is 91.4 Å². The van der Waals surface area contributed by atoms with Gasteiger partial charge >= 0.3 is 0 Å². The molecular formula is C22H16Cl4N2O3. The highest BCUT2D eigenvalue weighted by atomic mass is 35.5. The molecule has 3 aromatic rings. The standard InChI is InChI=1S/C22H16Cl4N2O3/c1-30-20-10-14(11-27-28-22(29)15-3-5-16(23)6-4-15)9-19(26)21(20)31-12-13-2-7-17(24)18(25)8-13/h2-11H,12H2,1H3,(H,28,29)/b27-11-. The summed E-state index contributed by atoms with van der Waals surface area (Å²) in [7, 11) is 1.50. The minimum Gasteiger partial charge on any atom is -0.493 e. The van der Waals surface area contributed by atoms with Gasteiger partial charge in [-0.15, -0.1) is 0 Å². The average Bonchev–Trinajstić information content (AvgIpc) is 2.75. The van der Waals surface area contributed by atoms with E-state index in [-0.39, 0.29) is 12.5 Å². The third kappa shape index (κ3) is 6.28. The van der Waals surface area contributed by atoms with Crippen molar-refractivity contribution in [2.24, 2.45) is 5.10 Å². The van der Waals surface area contributed by atoms with E-state index >= 15 is 0 Å². The monoisotopic (exact) mass is 496 g/mol. The molecule has 0 spiro atoms. The van der Waals surface area contributed by atoms with Crippen molar-refractivity contribution in [2.45, 2.75) is 6.61 Å². The summed E-state index contributed by atoms with van der Waals surface area (Å²) in [5.74, 6) is 0.420. The first-order valence-electron chi connectivity index (χ1n) is 8.90. The molecule has 9 heteroatoms. The molecule has 0 atom stereocenters. The lowest BCUT2D eigenvalue weighted by Gasteiger charge is -2.13. The van der Waals surface area contributed by atoms with Gasteiger partial charge in [-0.3, -0.25) is 4.79 Å². The van der Waals surface area contributed by atoms with E-state index in [2.05, 4.69) is 10.5 Å². The predicted octanol–water partition coefficient (Wildman–Crippen LogP) is 6.65. The van der Waals surface area contributed by atoms with Gasteiger partial charge in [0.1, 0.15) is 6.61 Å². The van der Waals surface area contributed by atoms with Crippen molar-refractivity contribution in [1.82, 2.24) is 5.43 Å². The lowest BCUT2D eigenvalue weighted by molar-refractivity contribution is 0.0955. The topological polar surface area (TPSA) is 59.9 Å². The van der Waals surface area contributed by atoms with Gasteiger partial charge in [0, 0.05) is 10.6 Å². The van der Waals surface area contributed by atoms with Crippen molar-refractivity contribution in [3.8, 4) is 11.5 Å². The highest BCUT2D eigenvalue weighted by molar-refractivity contribution is 6.42. The molecular weight excluding hydrogens is 482 g/mol. The number of ether oxygens (including phenoxy) is 2. The van der Waals surface area contributed by atoms with Crippen molar-refractivity contribution in [1.29, 1.82) is 0 Å². The van der Waals surface area contributed by atoms with Crippen LogP contribution in [0.2, 0.25) is 20.1 Å². The van der Waals surface area contributed by atoms with Crippen LogP contribution in [0.25, 0.3) is 0 Å². The molecule has 5 nitrogen and oxygen atoms in total. The lowest BCUT2D eigenvalue weighted by Crippen LogP contribution is -2.17. The van der Waals surface area contributed by atoms with Crippen molar-refractivity contribution in [2.75, 3.05) is 7.11 Å². The van der Waals surface area contributed by atoms with Gasteiger partial charge in [0.2, 0.25) is 0 Å². The number of nitrogens with zero attached hydrogens (tertiary/aromatic N) is 1. The van der Waals surface area contributed by atoms with Crippen LogP contribution in [0.1, 0.15) is 21.5 Å². The zero-order chi connectivity index (χ0) is 22.4. The number of carbonyl (C=O) groups excluding carboxylic acids is 1. The summed E-state index contributed by atoms with van der Waals surface area (Å²) in [4.78, 5) is 12.1. The Balaban J connectivity index is 1.69. The predicted molar refractivity (Wildman–Crippen MR) is 125 cm³/mol. The van der Waals surface area contributed by atoms with E-state index in [0.717, 1.165) is 5.56 Å². The van der Waals surface area contributed by atoms with Crippen molar-refractivity contribution in [3.63, 3.8) is 0 Å². The molecule has 0 bridgehead atoms. The first-order valence-corrected chi connectivity index (χ1v) is 10.4. The van der Waals surface area contributed by atoms with Gasteiger partial charge in [0.25, 0.3) is 5.91 Å². The molecule has 3 rings (SSSR count). The van der Waals surface area contributed by atoms with Gasteiger partial charge in [-0.1, -0.05) is 52.5 Å². The van der Waals surface area contributed by atoms with Crippen LogP contribution in [0.15, 0.2) is 59.7 Å². The SMILES string of the molecule is COc1cc(/C=N\NC(=O)c2ccc(Cl)cc2)cc(Cl)c1OCc1ccc(Cl)c(Cl)c1. The molecule has 0 aliphatic heterocycles. The van der Waals surface area contributed by atoms with E-state index < -0.39 is 0 Å². The van der Waals surface area contributed by atoms with E-state index in [0.29, 0.717) is 42.7 Å². The Hall–Kier alpha value is -2.44. The van der Waals surface area contributed by atoms with Gasteiger partial charge in [0.05, 0.1) is 28.4 Å². The number of nitrogens with one attached hydrogen (secondary N) is 1. The highest BCUT2D eigenvalue weighted by Crippen LogP contribution is 2.37. The fourth-order valence-corrected chi connectivity index (χ4v) is 3.29. The maximum Gasteiger partial charge on any atom is 0.271 e. The van der Waals surface area contributed by atoms with Crippen molar-refractivity contribution >= 4 is 58.5 Å². The summed E-state index contributed by atoms with van der Waals surface area (Å²) in [6, 6.07) is 15.0. The lowest BCUT2D eigenvalue weighted by atomic mass is 10.2. The normalized spacial score (nSPS) is 10.9. The van der Waals surface area contributed by atoms with E-state index in [9.17, 15) is 4.79 Å². The molecule has 0 saturated heterocycles. The van der Waals surface area contributed by atoms with Crippen LogP contribution >= 0.6 is 46.4 Å². The number of hydrogen-bond donors (Lipinski definition) is 1. The smallest absolute Gasteiger partial charge is 0.271 e. The summed E-state index contributed by atoms with van der Waals surface area (Å²) >= 11 is 24.2. The Morgan fingerprint density at radius 1 is 0.968 bits per heavy atom. The van der Waals surface area contributed by atoms with Gasteiger partial charge in [-0.2, -0.15) is 5.10 Å². The first-order chi connectivity index (χ1) is 14.9. The van der Waals surface area contributed by atoms with Crippen LogP contribution in [0.5, 0.6) is 11.5 Å². The molecule has 160 valence electrons. The zero-order valence-corrected chi connectivity index (χ0v) is 19.2. The summed E-state index contributed by atoms with van der Waals surface area (Å²) in [6.07, 6.45) is 1.45. The summed E-state index contributed by atoms with van der Waals surface area (Å²) < 4.78 is 11.2. The number of hydrazone groups is 1.